The molecule has 0 fully saturated rings. The van der Waals surface area contributed by atoms with Crippen molar-refractivity contribution in [2.75, 3.05) is 5.32 Å². The first-order valence-corrected chi connectivity index (χ1v) is 12.3. The minimum absolute atomic E-state index is 0.0428. The zero-order valence-electron chi connectivity index (χ0n) is 17.2. The van der Waals surface area contributed by atoms with E-state index in [2.05, 4.69) is 16.9 Å². The van der Waals surface area contributed by atoms with Gasteiger partial charge in [-0.15, -0.1) is 17.9 Å². The van der Waals surface area contributed by atoms with Crippen molar-refractivity contribution in [1.29, 1.82) is 0 Å². The summed E-state index contributed by atoms with van der Waals surface area (Å²) in [5.74, 6) is 0.206. The van der Waals surface area contributed by atoms with Crippen LogP contribution in [0.25, 0.3) is 10.2 Å². The van der Waals surface area contributed by atoms with Gasteiger partial charge in [-0.2, -0.15) is 0 Å². The van der Waals surface area contributed by atoms with Crippen molar-refractivity contribution in [3.63, 3.8) is 0 Å². The molecule has 0 radical (unpaired) electrons. The molecule has 0 spiro atoms. The van der Waals surface area contributed by atoms with E-state index in [-0.39, 0.29) is 11.5 Å². The lowest BCUT2D eigenvalue weighted by molar-refractivity contribution is -0.115. The third-order valence-corrected chi connectivity index (χ3v) is 7.73. The first kappa shape index (κ1) is 22.0. The summed E-state index contributed by atoms with van der Waals surface area (Å²) in [7, 11) is 0. The maximum Gasteiger partial charge on any atom is 0.263 e. The summed E-state index contributed by atoms with van der Waals surface area (Å²) in [4.78, 5) is 37.0. The van der Waals surface area contributed by atoms with Gasteiger partial charge < -0.3 is 5.32 Å². The quantitative estimate of drug-likeness (QED) is 0.233. The van der Waals surface area contributed by atoms with Gasteiger partial charge in [-0.05, 0) is 50.3 Å². The van der Waals surface area contributed by atoms with Gasteiger partial charge in [0, 0.05) is 17.6 Å². The van der Waals surface area contributed by atoms with Crippen molar-refractivity contribution in [1.82, 2.24) is 14.5 Å². The van der Waals surface area contributed by atoms with Crippen LogP contribution in [0.4, 0.5) is 5.82 Å². The Labute approximate surface area is 193 Å². The third-order valence-electron chi connectivity index (χ3n) is 5.23. The van der Waals surface area contributed by atoms with E-state index in [9.17, 15) is 9.59 Å². The smallest absolute Gasteiger partial charge is 0.263 e. The van der Waals surface area contributed by atoms with Crippen molar-refractivity contribution in [3.05, 3.63) is 56.8 Å². The molecular weight excluding hydrogens is 452 g/mol. The molecule has 1 aliphatic rings. The SMILES string of the molecule is C=CCn1c(S[C@H](C)C(=O)Nc2ccc(Cl)cn2)nc2sc3c(c2c1=O)CCCCC3. The molecule has 3 aromatic rings. The fourth-order valence-electron chi connectivity index (χ4n) is 3.67. The second kappa shape index (κ2) is 9.54. The fraction of sp³-hybridized carbons (Fsp3) is 0.364. The molecule has 1 aliphatic carbocycles. The van der Waals surface area contributed by atoms with Gasteiger partial charge in [0.2, 0.25) is 5.91 Å². The Morgan fingerprint density at radius 1 is 1.39 bits per heavy atom. The Kier molecular flexibility index (Phi) is 6.79. The van der Waals surface area contributed by atoms with Crippen LogP contribution in [0.5, 0.6) is 0 Å². The van der Waals surface area contributed by atoms with Crippen LogP contribution in [0.1, 0.15) is 36.6 Å². The van der Waals surface area contributed by atoms with E-state index < -0.39 is 5.25 Å². The van der Waals surface area contributed by atoms with E-state index in [0.717, 1.165) is 35.9 Å². The van der Waals surface area contributed by atoms with Crippen LogP contribution in [-0.2, 0) is 24.2 Å². The number of nitrogens with zero attached hydrogens (tertiary/aromatic N) is 3. The van der Waals surface area contributed by atoms with Crippen molar-refractivity contribution in [2.24, 2.45) is 0 Å². The first-order chi connectivity index (χ1) is 15.0. The number of carbonyl (C=O) groups excluding carboxylic acids is 1. The van der Waals surface area contributed by atoms with Crippen molar-refractivity contribution >= 4 is 56.6 Å². The zero-order chi connectivity index (χ0) is 22.0. The van der Waals surface area contributed by atoms with Gasteiger partial charge in [-0.25, -0.2) is 9.97 Å². The molecule has 31 heavy (non-hydrogen) atoms. The number of aromatic nitrogens is 3. The van der Waals surface area contributed by atoms with Crippen molar-refractivity contribution < 1.29 is 4.79 Å². The number of halogens is 1. The monoisotopic (exact) mass is 474 g/mol. The highest BCUT2D eigenvalue weighted by Gasteiger charge is 2.24. The summed E-state index contributed by atoms with van der Waals surface area (Å²) in [6.45, 7) is 5.93. The van der Waals surface area contributed by atoms with Gasteiger partial charge in [0.1, 0.15) is 10.6 Å². The molecule has 162 valence electrons. The topological polar surface area (TPSA) is 76.9 Å². The van der Waals surface area contributed by atoms with Crippen LogP contribution in [0, 0.1) is 0 Å². The Morgan fingerprint density at radius 2 is 2.19 bits per heavy atom. The number of anilines is 1. The number of rotatable bonds is 6. The molecule has 0 unspecified atom stereocenters. The van der Waals surface area contributed by atoms with Crippen molar-refractivity contribution in [2.45, 2.75) is 56.0 Å². The minimum Gasteiger partial charge on any atom is -0.310 e. The largest absolute Gasteiger partial charge is 0.310 e. The summed E-state index contributed by atoms with van der Waals surface area (Å²) in [5.41, 5.74) is 1.13. The number of thiophene rings is 1. The maximum atomic E-state index is 13.4. The first-order valence-electron chi connectivity index (χ1n) is 10.2. The van der Waals surface area contributed by atoms with Crippen LogP contribution < -0.4 is 10.9 Å². The average molecular weight is 475 g/mol. The molecule has 3 heterocycles. The van der Waals surface area contributed by atoms with Crippen LogP contribution in [0.15, 0.2) is 40.9 Å². The lowest BCUT2D eigenvalue weighted by Gasteiger charge is -2.15. The van der Waals surface area contributed by atoms with Gasteiger partial charge in [0.15, 0.2) is 5.16 Å². The molecular formula is C22H23ClN4O2S2. The van der Waals surface area contributed by atoms with E-state index in [1.807, 2.05) is 0 Å². The number of thioether (sulfide) groups is 1. The second-order valence-electron chi connectivity index (χ2n) is 7.45. The molecule has 4 rings (SSSR count). The average Bonchev–Trinajstić information content (AvgIpc) is 2.93. The maximum absolute atomic E-state index is 13.4. The van der Waals surface area contributed by atoms with Gasteiger partial charge in [-0.3, -0.25) is 14.2 Å². The molecule has 6 nitrogen and oxygen atoms in total. The molecule has 0 saturated heterocycles. The molecule has 9 heteroatoms. The number of pyridine rings is 1. The standard InChI is InChI=1S/C22H23ClN4O2S2/c1-3-11-27-21(29)18-15-7-5-4-6-8-16(15)31-20(18)26-22(27)30-13(2)19(28)25-17-10-9-14(23)12-24-17/h3,9-10,12-13H,1,4-8,11H2,2H3,(H,24,25,28)/t13-/m1/s1. The number of hydrogen-bond acceptors (Lipinski definition) is 6. The Morgan fingerprint density at radius 3 is 2.94 bits per heavy atom. The van der Waals surface area contributed by atoms with Crippen LogP contribution in [-0.4, -0.2) is 25.7 Å². The van der Waals surface area contributed by atoms with E-state index in [0.29, 0.717) is 22.5 Å². The van der Waals surface area contributed by atoms with E-state index >= 15 is 0 Å². The molecule has 0 aliphatic heterocycles. The Bertz CT molecular complexity index is 1190. The third kappa shape index (κ3) is 4.71. The molecule has 0 saturated carbocycles. The van der Waals surface area contributed by atoms with Gasteiger partial charge in [-0.1, -0.05) is 35.9 Å². The predicted molar refractivity (Wildman–Crippen MR) is 129 cm³/mol. The van der Waals surface area contributed by atoms with E-state index in [4.69, 9.17) is 16.6 Å². The predicted octanol–water partition coefficient (Wildman–Crippen LogP) is 5.08. The summed E-state index contributed by atoms with van der Waals surface area (Å²) in [6, 6.07) is 3.31. The lowest BCUT2D eigenvalue weighted by Crippen LogP contribution is -2.27. The summed E-state index contributed by atoms with van der Waals surface area (Å²) >= 11 is 8.73. The number of amides is 1. The summed E-state index contributed by atoms with van der Waals surface area (Å²) in [5, 5.41) is 4.08. The molecule has 0 aromatic carbocycles. The Balaban J connectivity index is 1.65. The molecule has 1 atom stereocenters. The van der Waals surface area contributed by atoms with Gasteiger partial charge in [0.05, 0.1) is 15.7 Å². The molecule has 3 aromatic heterocycles. The normalized spacial score (nSPS) is 14.6. The highest BCUT2D eigenvalue weighted by Crippen LogP contribution is 2.34. The van der Waals surface area contributed by atoms with Crippen molar-refractivity contribution in [3.8, 4) is 0 Å². The number of aryl methyl sites for hydroxylation is 2. The summed E-state index contributed by atoms with van der Waals surface area (Å²) in [6.07, 6.45) is 8.55. The molecule has 1 amide bonds. The van der Waals surface area contributed by atoms with Crippen LogP contribution in [0.2, 0.25) is 5.02 Å². The Hall–Kier alpha value is -2.16. The number of allylic oxidation sites excluding steroid dienone is 1. The van der Waals surface area contributed by atoms with E-state index in [1.54, 1.807) is 41.0 Å². The number of nitrogens with one attached hydrogen (secondary N) is 1. The lowest BCUT2D eigenvalue weighted by atomic mass is 10.1. The second-order valence-corrected chi connectivity index (χ2v) is 10.3. The fourth-order valence-corrected chi connectivity index (χ4v) is 6.00. The minimum atomic E-state index is -0.476. The summed E-state index contributed by atoms with van der Waals surface area (Å²) < 4.78 is 1.63. The van der Waals surface area contributed by atoms with Gasteiger partial charge >= 0.3 is 0 Å². The highest BCUT2D eigenvalue weighted by molar-refractivity contribution is 8.00. The van der Waals surface area contributed by atoms with Gasteiger partial charge in [0.25, 0.3) is 5.56 Å². The number of carbonyl (C=O) groups is 1. The van der Waals surface area contributed by atoms with Crippen LogP contribution >= 0.6 is 34.7 Å². The number of hydrogen-bond donors (Lipinski definition) is 1. The molecule has 1 N–H and O–H groups in total. The van der Waals surface area contributed by atoms with E-state index in [1.165, 1.54) is 34.8 Å². The van der Waals surface area contributed by atoms with Crippen LogP contribution in [0.3, 0.4) is 0 Å². The molecule has 0 bridgehead atoms. The highest BCUT2D eigenvalue weighted by atomic mass is 35.5. The number of fused-ring (bicyclic) bond motifs is 3. The zero-order valence-corrected chi connectivity index (χ0v) is 19.6.